The Hall–Kier alpha value is -2.04. The van der Waals surface area contributed by atoms with Gasteiger partial charge in [0.15, 0.2) is 0 Å². The van der Waals surface area contributed by atoms with Gasteiger partial charge < -0.3 is 11.1 Å². The van der Waals surface area contributed by atoms with Gasteiger partial charge in [-0.2, -0.15) is 5.26 Å². The Kier molecular flexibility index (Phi) is 2.27. The Balaban J connectivity index is 3.15. The van der Waals surface area contributed by atoms with E-state index >= 15 is 0 Å². The minimum atomic E-state index is 0.106. The van der Waals surface area contributed by atoms with Crippen LogP contribution >= 0.6 is 0 Å². The van der Waals surface area contributed by atoms with Gasteiger partial charge in [0.05, 0.1) is 5.57 Å². The zero-order valence-corrected chi connectivity index (χ0v) is 6.28. The molecule has 3 heteroatoms. The highest BCUT2D eigenvalue weighted by molar-refractivity contribution is 5.98. The summed E-state index contributed by atoms with van der Waals surface area (Å²) in [6, 6.07) is 8.42. The van der Waals surface area contributed by atoms with Crippen molar-refractivity contribution in [3.63, 3.8) is 0 Å². The van der Waals surface area contributed by atoms with Gasteiger partial charge in [0.25, 0.3) is 0 Å². The third-order valence-corrected chi connectivity index (χ3v) is 1.42. The van der Waals surface area contributed by atoms with Crippen LogP contribution in [0.25, 0.3) is 11.0 Å². The molecule has 3 nitrogen and oxygen atoms in total. The molecule has 0 unspecified atom stereocenters. The first-order valence-corrected chi connectivity index (χ1v) is 3.31. The lowest BCUT2D eigenvalue weighted by Gasteiger charge is -1.97. The summed E-state index contributed by atoms with van der Waals surface area (Å²) >= 11 is 0. The van der Waals surface area contributed by atoms with Crippen molar-refractivity contribution in [1.82, 2.24) is 0 Å². The molecule has 2 N–H and O–H groups in total. The van der Waals surface area contributed by atoms with Crippen molar-refractivity contribution < 1.29 is 0 Å². The van der Waals surface area contributed by atoms with Gasteiger partial charge in [0.2, 0.25) is 0 Å². The molecule has 0 saturated carbocycles. The number of hydrogen-bond acceptors (Lipinski definition) is 2. The van der Waals surface area contributed by atoms with Gasteiger partial charge in [-0.1, -0.05) is 12.1 Å². The molecule has 0 atom stereocenters. The number of nitriles is 1. The predicted molar refractivity (Wildman–Crippen MR) is 48.2 cm³/mol. The highest BCUT2D eigenvalue weighted by atomic mass is 14.5. The molecule has 0 aromatic heterocycles. The number of rotatable bonds is 1. The Morgan fingerprint density at radius 1 is 1.33 bits per heavy atom. The van der Waals surface area contributed by atoms with E-state index in [4.69, 9.17) is 16.4 Å². The summed E-state index contributed by atoms with van der Waals surface area (Å²) in [5, 5.41) is 17.0. The van der Waals surface area contributed by atoms with Crippen LogP contribution in [0.4, 0.5) is 5.69 Å². The van der Waals surface area contributed by atoms with Crippen LogP contribution in [0.2, 0.25) is 0 Å². The van der Waals surface area contributed by atoms with E-state index in [1.165, 1.54) is 0 Å². The second-order valence-electron chi connectivity index (χ2n) is 2.22. The van der Waals surface area contributed by atoms with E-state index in [-0.39, 0.29) is 5.57 Å². The third kappa shape index (κ3) is 1.51. The fraction of sp³-hybridized carbons (Fsp3) is 0. The molecule has 58 valence electrons. The first-order chi connectivity index (χ1) is 5.77. The van der Waals surface area contributed by atoms with E-state index in [1.54, 1.807) is 36.2 Å². The fourth-order valence-electron chi connectivity index (χ4n) is 0.804. The van der Waals surface area contributed by atoms with Crippen LogP contribution in [0.15, 0.2) is 24.3 Å². The molecule has 0 bridgehead atoms. The second-order valence-corrected chi connectivity index (χ2v) is 2.22. The van der Waals surface area contributed by atoms with Gasteiger partial charge >= 0.3 is 0 Å². The molecule has 0 saturated heterocycles. The van der Waals surface area contributed by atoms with Crippen molar-refractivity contribution in [2.45, 2.75) is 0 Å². The maximum absolute atomic E-state index is 8.51. The van der Waals surface area contributed by atoms with Crippen LogP contribution < -0.4 is 5.73 Å². The van der Waals surface area contributed by atoms with E-state index in [1.807, 2.05) is 0 Å². The molecular formula is C9H6N3-. The molecule has 0 spiro atoms. The monoisotopic (exact) mass is 156 g/mol. The van der Waals surface area contributed by atoms with E-state index in [0.29, 0.717) is 11.3 Å². The number of benzene rings is 1. The van der Waals surface area contributed by atoms with Crippen LogP contribution in [-0.2, 0) is 0 Å². The van der Waals surface area contributed by atoms with Gasteiger partial charge in [0, 0.05) is 5.69 Å². The molecule has 0 aliphatic carbocycles. The Labute approximate surface area is 70.3 Å². The second kappa shape index (κ2) is 3.38. The summed E-state index contributed by atoms with van der Waals surface area (Å²) in [5.74, 6) is 1.80. The predicted octanol–water partition coefficient (Wildman–Crippen LogP) is 1.41. The van der Waals surface area contributed by atoms with Gasteiger partial charge in [-0.05, 0) is 17.7 Å². The first kappa shape index (κ1) is 8.06. The van der Waals surface area contributed by atoms with Crippen LogP contribution in [-0.4, -0.2) is 5.87 Å². The number of nitrogens with zero attached hydrogens (tertiary/aromatic N) is 2. The number of allylic oxidation sites excluding steroid dienone is 1. The average Bonchev–Trinajstić information content (AvgIpc) is 2.10. The molecule has 0 aliphatic heterocycles. The molecule has 1 rings (SSSR count). The third-order valence-electron chi connectivity index (χ3n) is 1.42. The summed E-state index contributed by atoms with van der Waals surface area (Å²) in [7, 11) is 0. The van der Waals surface area contributed by atoms with Gasteiger partial charge in [-0.25, -0.2) is 5.87 Å². The maximum Gasteiger partial charge on any atom is 0.106 e. The van der Waals surface area contributed by atoms with E-state index < -0.39 is 0 Å². The van der Waals surface area contributed by atoms with E-state index in [2.05, 4.69) is 0 Å². The molecule has 0 fully saturated rings. The van der Waals surface area contributed by atoms with Crippen LogP contribution in [0, 0.1) is 11.3 Å². The van der Waals surface area contributed by atoms with Gasteiger partial charge in [-0.3, -0.25) is 0 Å². The highest BCUT2D eigenvalue weighted by Gasteiger charge is 1.95. The standard InChI is InChI=1S/C9H6N3/c10-5-8(6-11)7-1-3-9(12)4-2-7/h1-4H,12H2/q-1. The zero-order chi connectivity index (χ0) is 8.97. The smallest absolute Gasteiger partial charge is 0.106 e. The van der Waals surface area contributed by atoms with Crippen LogP contribution in [0.3, 0.4) is 0 Å². The molecule has 0 heterocycles. The summed E-state index contributed by atoms with van der Waals surface area (Å²) in [6.45, 7) is 0. The molecule has 1 aromatic rings. The minimum Gasteiger partial charge on any atom is -0.762 e. The molecular weight excluding hydrogens is 150 g/mol. The number of nitrogen functional groups attached to an aromatic ring is 1. The molecule has 1 aromatic carbocycles. The lowest BCUT2D eigenvalue weighted by Crippen LogP contribution is -1.85. The number of anilines is 1. The normalized spacial score (nSPS) is 8.25. The lowest BCUT2D eigenvalue weighted by atomic mass is 10.1. The van der Waals surface area contributed by atoms with Crippen molar-refractivity contribution in [3.8, 4) is 6.07 Å². The SMILES string of the molecule is N#CC(=C=[N-])c1ccc(N)cc1. The topological polar surface area (TPSA) is 72.1 Å². The van der Waals surface area contributed by atoms with E-state index in [0.717, 1.165) is 0 Å². The zero-order valence-electron chi connectivity index (χ0n) is 6.28. The van der Waals surface area contributed by atoms with Gasteiger partial charge in [-0.15, -0.1) is 0 Å². The minimum absolute atomic E-state index is 0.106. The van der Waals surface area contributed by atoms with Crippen molar-refractivity contribution >= 4 is 17.1 Å². The van der Waals surface area contributed by atoms with Crippen molar-refractivity contribution in [2.75, 3.05) is 5.73 Å². The van der Waals surface area contributed by atoms with Crippen molar-refractivity contribution in [1.29, 1.82) is 5.26 Å². The molecule has 0 amide bonds. The molecule has 0 aliphatic rings. The maximum atomic E-state index is 8.51. The Morgan fingerprint density at radius 2 is 1.92 bits per heavy atom. The van der Waals surface area contributed by atoms with Gasteiger partial charge in [0.1, 0.15) is 6.07 Å². The summed E-state index contributed by atoms with van der Waals surface area (Å²) < 4.78 is 0. The van der Waals surface area contributed by atoms with E-state index in [9.17, 15) is 0 Å². The summed E-state index contributed by atoms with van der Waals surface area (Å²) in [5.41, 5.74) is 6.77. The summed E-state index contributed by atoms with van der Waals surface area (Å²) in [4.78, 5) is 0. The molecule has 12 heavy (non-hydrogen) atoms. The highest BCUT2D eigenvalue weighted by Crippen LogP contribution is 2.12. The number of hydrogen-bond donors (Lipinski definition) is 1. The van der Waals surface area contributed by atoms with Crippen LogP contribution in [0.5, 0.6) is 0 Å². The lowest BCUT2D eigenvalue weighted by molar-refractivity contribution is 1.53. The quantitative estimate of drug-likeness (QED) is 0.379. The Morgan fingerprint density at radius 3 is 2.33 bits per heavy atom. The summed E-state index contributed by atoms with van der Waals surface area (Å²) in [6.07, 6.45) is 0. The molecule has 0 radical (unpaired) electrons. The van der Waals surface area contributed by atoms with Crippen LogP contribution in [0.1, 0.15) is 5.56 Å². The van der Waals surface area contributed by atoms with Crippen molar-refractivity contribution in [3.05, 3.63) is 35.2 Å². The van der Waals surface area contributed by atoms with Crippen molar-refractivity contribution in [2.24, 2.45) is 0 Å². The first-order valence-electron chi connectivity index (χ1n) is 3.31. The average molecular weight is 156 g/mol. The Bertz CT molecular complexity index is 364. The fourth-order valence-corrected chi connectivity index (χ4v) is 0.804. The number of nitrogens with two attached hydrogens (primary N) is 1. The largest absolute Gasteiger partial charge is 0.762 e.